The Morgan fingerprint density at radius 3 is 2.48 bits per heavy atom. The van der Waals surface area contributed by atoms with Gasteiger partial charge in [-0.25, -0.2) is 4.39 Å². The maximum atomic E-state index is 14.0. The summed E-state index contributed by atoms with van der Waals surface area (Å²) in [5, 5.41) is 11.2. The topological polar surface area (TPSA) is 75.9 Å². The van der Waals surface area contributed by atoms with Crippen LogP contribution in [-0.4, -0.2) is 54.9 Å². The van der Waals surface area contributed by atoms with Gasteiger partial charge in [-0.3, -0.25) is 14.9 Å². The minimum atomic E-state index is -0.601. The van der Waals surface area contributed by atoms with Gasteiger partial charge in [0, 0.05) is 36.8 Å². The molecule has 0 bridgehead atoms. The average Bonchev–Trinajstić information content (AvgIpc) is 2.65. The minimum absolute atomic E-state index is 0.0686. The molecule has 0 aliphatic heterocycles. The van der Waals surface area contributed by atoms with E-state index in [1.807, 2.05) is 19.0 Å². The number of methoxy groups -OCH3 is 1. The number of likely N-dealkylation sites (N-methyl/N-ethyl adjacent to an activating group) is 1. The van der Waals surface area contributed by atoms with Crippen molar-refractivity contribution in [2.45, 2.75) is 6.54 Å². The van der Waals surface area contributed by atoms with E-state index in [9.17, 15) is 19.3 Å². The fourth-order valence-electron chi connectivity index (χ4n) is 2.55. The number of amides is 1. The van der Waals surface area contributed by atoms with Gasteiger partial charge in [-0.2, -0.15) is 0 Å². The molecule has 2 rings (SSSR count). The molecule has 2 aromatic rings. The summed E-state index contributed by atoms with van der Waals surface area (Å²) in [6.45, 7) is 0.984. The van der Waals surface area contributed by atoms with E-state index in [-0.39, 0.29) is 23.5 Å². The van der Waals surface area contributed by atoms with Gasteiger partial charge in [0.15, 0.2) is 5.75 Å². The van der Waals surface area contributed by atoms with Gasteiger partial charge in [0.1, 0.15) is 5.82 Å². The number of halogens is 1. The predicted molar refractivity (Wildman–Crippen MR) is 99.3 cm³/mol. The van der Waals surface area contributed by atoms with Gasteiger partial charge in [-0.05, 0) is 32.3 Å². The molecular formula is C19H22FN3O4. The van der Waals surface area contributed by atoms with Crippen LogP contribution in [0.1, 0.15) is 15.9 Å². The highest BCUT2D eigenvalue weighted by Gasteiger charge is 2.22. The van der Waals surface area contributed by atoms with Gasteiger partial charge >= 0.3 is 5.69 Å². The standard InChI is InChI=1S/C19H22FN3O4/c1-21(2)10-11-22(13-15-6-4-5-7-16(15)20)19(24)14-8-9-18(27-3)17(12-14)23(25)26/h4-9,12H,10-11,13H2,1-3H3. The van der Waals surface area contributed by atoms with Crippen molar-refractivity contribution in [3.05, 3.63) is 69.5 Å². The molecule has 0 aliphatic carbocycles. The summed E-state index contributed by atoms with van der Waals surface area (Å²) in [5.41, 5.74) is 0.243. The Hall–Kier alpha value is -3.00. The Morgan fingerprint density at radius 2 is 1.89 bits per heavy atom. The van der Waals surface area contributed by atoms with Crippen molar-refractivity contribution in [2.24, 2.45) is 0 Å². The molecule has 0 heterocycles. The predicted octanol–water partition coefficient (Wildman–Crippen LogP) is 2.95. The van der Waals surface area contributed by atoms with Crippen molar-refractivity contribution in [2.75, 3.05) is 34.3 Å². The first kappa shape index (κ1) is 20.3. The zero-order valence-electron chi connectivity index (χ0n) is 15.5. The van der Waals surface area contributed by atoms with Crippen LogP contribution in [0.4, 0.5) is 10.1 Å². The molecule has 0 N–H and O–H groups in total. The first-order valence-electron chi connectivity index (χ1n) is 8.33. The summed E-state index contributed by atoms with van der Waals surface area (Å²) >= 11 is 0. The quantitative estimate of drug-likeness (QED) is 0.524. The van der Waals surface area contributed by atoms with Crippen molar-refractivity contribution in [1.29, 1.82) is 0 Å². The highest BCUT2D eigenvalue weighted by Crippen LogP contribution is 2.28. The van der Waals surface area contributed by atoms with Gasteiger partial charge in [0.2, 0.25) is 0 Å². The van der Waals surface area contributed by atoms with Crippen LogP contribution in [0, 0.1) is 15.9 Å². The number of carbonyl (C=O) groups excluding carboxylic acids is 1. The molecule has 0 aromatic heterocycles. The molecule has 27 heavy (non-hydrogen) atoms. The van der Waals surface area contributed by atoms with E-state index < -0.39 is 16.6 Å². The molecule has 0 saturated heterocycles. The zero-order chi connectivity index (χ0) is 20.0. The fraction of sp³-hybridized carbons (Fsp3) is 0.316. The van der Waals surface area contributed by atoms with Crippen molar-refractivity contribution >= 4 is 11.6 Å². The third-order valence-electron chi connectivity index (χ3n) is 4.05. The number of ether oxygens (including phenoxy) is 1. The molecular weight excluding hydrogens is 353 g/mol. The number of rotatable bonds is 8. The Kier molecular flexibility index (Phi) is 6.84. The second kappa shape index (κ2) is 9.09. The lowest BCUT2D eigenvalue weighted by Gasteiger charge is -2.25. The van der Waals surface area contributed by atoms with Crippen LogP contribution in [-0.2, 0) is 6.54 Å². The van der Waals surface area contributed by atoms with Gasteiger partial charge in [0.25, 0.3) is 5.91 Å². The van der Waals surface area contributed by atoms with Gasteiger partial charge in [-0.15, -0.1) is 0 Å². The maximum Gasteiger partial charge on any atom is 0.311 e. The number of nitro groups is 1. The van der Waals surface area contributed by atoms with Crippen LogP contribution in [0.5, 0.6) is 5.75 Å². The van der Waals surface area contributed by atoms with Crippen LogP contribution < -0.4 is 4.74 Å². The number of nitro benzene ring substituents is 1. The summed E-state index contributed by atoms with van der Waals surface area (Å²) in [5.74, 6) is -0.739. The fourth-order valence-corrected chi connectivity index (χ4v) is 2.55. The zero-order valence-corrected chi connectivity index (χ0v) is 15.5. The van der Waals surface area contributed by atoms with E-state index in [1.165, 1.54) is 36.3 Å². The second-order valence-electron chi connectivity index (χ2n) is 6.27. The van der Waals surface area contributed by atoms with Gasteiger partial charge in [0.05, 0.1) is 12.0 Å². The van der Waals surface area contributed by atoms with Crippen molar-refractivity contribution < 1.29 is 18.8 Å². The van der Waals surface area contributed by atoms with E-state index in [4.69, 9.17) is 4.74 Å². The third-order valence-corrected chi connectivity index (χ3v) is 4.05. The highest BCUT2D eigenvalue weighted by atomic mass is 19.1. The van der Waals surface area contributed by atoms with E-state index in [0.717, 1.165) is 0 Å². The normalized spacial score (nSPS) is 10.7. The van der Waals surface area contributed by atoms with Crippen LogP contribution in [0.25, 0.3) is 0 Å². The summed E-state index contributed by atoms with van der Waals surface area (Å²) in [7, 11) is 5.05. The molecule has 0 radical (unpaired) electrons. The molecule has 0 unspecified atom stereocenters. The lowest BCUT2D eigenvalue weighted by atomic mass is 10.1. The molecule has 1 amide bonds. The van der Waals surface area contributed by atoms with Crippen LogP contribution >= 0.6 is 0 Å². The third kappa shape index (κ3) is 5.24. The SMILES string of the molecule is COc1ccc(C(=O)N(CCN(C)C)Cc2ccccc2F)cc1[N+](=O)[O-]. The molecule has 0 spiro atoms. The first-order valence-corrected chi connectivity index (χ1v) is 8.33. The molecule has 0 atom stereocenters. The molecule has 144 valence electrons. The van der Waals surface area contributed by atoms with E-state index in [2.05, 4.69) is 0 Å². The van der Waals surface area contributed by atoms with E-state index >= 15 is 0 Å². The average molecular weight is 375 g/mol. The molecule has 0 saturated carbocycles. The maximum absolute atomic E-state index is 14.0. The first-order chi connectivity index (χ1) is 12.8. The lowest BCUT2D eigenvalue weighted by Crippen LogP contribution is -2.36. The second-order valence-corrected chi connectivity index (χ2v) is 6.27. The van der Waals surface area contributed by atoms with Gasteiger partial charge < -0.3 is 14.5 Å². The molecule has 2 aromatic carbocycles. The number of hydrogen-bond acceptors (Lipinski definition) is 5. The largest absolute Gasteiger partial charge is 0.490 e. The van der Waals surface area contributed by atoms with Crippen molar-refractivity contribution in [3.63, 3.8) is 0 Å². The smallest absolute Gasteiger partial charge is 0.311 e. The monoisotopic (exact) mass is 375 g/mol. The summed E-state index contributed by atoms with van der Waals surface area (Å²) in [6, 6.07) is 10.3. The number of hydrogen-bond donors (Lipinski definition) is 0. The number of carbonyl (C=O) groups is 1. The van der Waals surface area contributed by atoms with Crippen molar-refractivity contribution in [1.82, 2.24) is 9.80 Å². The van der Waals surface area contributed by atoms with Crippen LogP contribution in [0.2, 0.25) is 0 Å². The summed E-state index contributed by atoms with van der Waals surface area (Å²) in [4.78, 5) is 27.0. The lowest BCUT2D eigenvalue weighted by molar-refractivity contribution is -0.385. The van der Waals surface area contributed by atoms with Crippen molar-refractivity contribution in [3.8, 4) is 5.75 Å². The molecule has 7 nitrogen and oxygen atoms in total. The Bertz CT molecular complexity index is 826. The number of nitrogens with zero attached hydrogens (tertiary/aromatic N) is 3. The Morgan fingerprint density at radius 1 is 1.19 bits per heavy atom. The Balaban J connectivity index is 2.34. The van der Waals surface area contributed by atoms with E-state index in [0.29, 0.717) is 18.7 Å². The highest BCUT2D eigenvalue weighted by molar-refractivity contribution is 5.95. The van der Waals surface area contributed by atoms with E-state index in [1.54, 1.807) is 18.2 Å². The molecule has 0 aliphatic rings. The van der Waals surface area contributed by atoms with Gasteiger partial charge in [-0.1, -0.05) is 18.2 Å². The number of benzene rings is 2. The molecule has 0 fully saturated rings. The van der Waals surface area contributed by atoms with Crippen LogP contribution in [0.15, 0.2) is 42.5 Å². The summed E-state index contributed by atoms with van der Waals surface area (Å²) < 4.78 is 19.0. The summed E-state index contributed by atoms with van der Waals surface area (Å²) in [6.07, 6.45) is 0. The van der Waals surface area contributed by atoms with Crippen LogP contribution in [0.3, 0.4) is 0 Å². The Labute approximate surface area is 157 Å². The molecule has 8 heteroatoms. The minimum Gasteiger partial charge on any atom is -0.490 e.